The van der Waals surface area contributed by atoms with E-state index in [9.17, 15) is 9.18 Å². The first-order valence-electron chi connectivity index (χ1n) is 13.8. The summed E-state index contributed by atoms with van der Waals surface area (Å²) in [5.41, 5.74) is 4.24. The van der Waals surface area contributed by atoms with Crippen molar-refractivity contribution in [1.29, 1.82) is 0 Å². The predicted molar refractivity (Wildman–Crippen MR) is 153 cm³/mol. The largest absolute Gasteiger partial charge is 0.454 e. The molecule has 1 aliphatic heterocycles. The fraction of sp³-hybridized carbons (Fsp3) is 0.355. The highest BCUT2D eigenvalue weighted by Crippen LogP contribution is 2.42. The summed E-state index contributed by atoms with van der Waals surface area (Å²) in [7, 11) is 0. The number of hydrogen-bond acceptors (Lipinski definition) is 5. The number of amides is 1. The molecule has 0 aliphatic carbocycles. The molecule has 7 nitrogen and oxygen atoms in total. The van der Waals surface area contributed by atoms with Gasteiger partial charge in [0, 0.05) is 16.6 Å². The van der Waals surface area contributed by atoms with E-state index in [0.717, 1.165) is 23.9 Å². The Morgan fingerprint density at radius 1 is 1.00 bits per heavy atom. The third-order valence-electron chi connectivity index (χ3n) is 7.26. The Hall–Kier alpha value is -4.07. The second-order valence-electron chi connectivity index (χ2n) is 9.91. The third-order valence-corrected chi connectivity index (χ3v) is 7.26. The first kappa shape index (κ1) is 26.5. The minimum atomic E-state index is -0.466. The van der Waals surface area contributed by atoms with Crippen molar-refractivity contribution in [2.75, 3.05) is 17.4 Å². The summed E-state index contributed by atoms with van der Waals surface area (Å²) in [5.74, 6) is 1.14. The van der Waals surface area contributed by atoms with Gasteiger partial charge in [-0.1, -0.05) is 52.2 Å². The van der Waals surface area contributed by atoms with Crippen molar-refractivity contribution in [3.05, 3.63) is 71.2 Å². The molecule has 0 saturated carbocycles. The maximum Gasteiger partial charge on any atom is 0.255 e. The molecular weight excluding hydrogens is 495 g/mol. The summed E-state index contributed by atoms with van der Waals surface area (Å²) in [6, 6.07) is 14.5. The van der Waals surface area contributed by atoms with Crippen LogP contribution in [-0.4, -0.2) is 22.7 Å². The van der Waals surface area contributed by atoms with Crippen LogP contribution in [0.1, 0.15) is 80.4 Å². The lowest BCUT2D eigenvalue weighted by Crippen LogP contribution is -2.13. The molecule has 204 valence electrons. The van der Waals surface area contributed by atoms with Crippen molar-refractivity contribution < 1.29 is 18.7 Å². The quantitative estimate of drug-likeness (QED) is 0.182. The number of halogens is 1. The molecule has 1 aliphatic rings. The van der Waals surface area contributed by atoms with Gasteiger partial charge in [0.05, 0.1) is 5.69 Å². The van der Waals surface area contributed by atoms with Gasteiger partial charge in [-0.2, -0.15) is 0 Å². The van der Waals surface area contributed by atoms with Crippen molar-refractivity contribution in [3.8, 4) is 11.5 Å². The number of pyridine rings is 1. The first-order chi connectivity index (χ1) is 19.0. The number of nitrogens with zero attached hydrogens (tertiary/aromatic N) is 1. The number of benzene rings is 2. The van der Waals surface area contributed by atoms with Crippen LogP contribution in [0.4, 0.5) is 21.6 Å². The minimum absolute atomic E-state index is 0.0420. The highest BCUT2D eigenvalue weighted by Gasteiger charge is 2.22. The topological polar surface area (TPSA) is 88.3 Å². The number of aromatic nitrogens is 2. The van der Waals surface area contributed by atoms with E-state index in [1.165, 1.54) is 37.0 Å². The molecule has 1 unspecified atom stereocenters. The van der Waals surface area contributed by atoms with E-state index < -0.39 is 5.82 Å². The van der Waals surface area contributed by atoms with Crippen LogP contribution in [0, 0.1) is 5.82 Å². The van der Waals surface area contributed by atoms with Gasteiger partial charge in [0.15, 0.2) is 17.3 Å². The number of carbonyl (C=O) groups excluding carboxylic acids is 1. The van der Waals surface area contributed by atoms with Gasteiger partial charge in [-0.05, 0) is 67.1 Å². The summed E-state index contributed by atoms with van der Waals surface area (Å²) < 4.78 is 25.3. The Morgan fingerprint density at radius 2 is 1.82 bits per heavy atom. The average Bonchev–Trinajstić information content (AvgIpc) is 3.57. The summed E-state index contributed by atoms with van der Waals surface area (Å²) in [5, 5.41) is 6.89. The summed E-state index contributed by atoms with van der Waals surface area (Å²) in [6.45, 7) is 6.49. The number of fused-ring (bicyclic) bond motifs is 2. The summed E-state index contributed by atoms with van der Waals surface area (Å²) in [4.78, 5) is 21.2. The lowest BCUT2D eigenvalue weighted by molar-refractivity contribution is 0.102. The van der Waals surface area contributed by atoms with Gasteiger partial charge in [-0.3, -0.25) is 4.79 Å². The molecule has 0 spiro atoms. The third kappa shape index (κ3) is 5.55. The number of carbonyl (C=O) groups is 1. The highest BCUT2D eigenvalue weighted by molar-refractivity contribution is 6.09. The van der Waals surface area contributed by atoms with Gasteiger partial charge < -0.3 is 25.1 Å². The van der Waals surface area contributed by atoms with Crippen LogP contribution in [0.15, 0.2) is 48.5 Å². The van der Waals surface area contributed by atoms with Crippen LogP contribution in [0.2, 0.25) is 0 Å². The van der Waals surface area contributed by atoms with Crippen molar-refractivity contribution in [2.24, 2.45) is 0 Å². The SMILES string of the molecule is CCCCC(CCC)c1ccc(C(=O)Nc2c(CC)[nH]c3nc(Nc4c(F)ccc5c4OCO5)ccc23)cc1. The summed E-state index contributed by atoms with van der Waals surface area (Å²) >= 11 is 0. The Bertz CT molecular complexity index is 1470. The number of H-pyrrole nitrogens is 1. The van der Waals surface area contributed by atoms with E-state index in [0.29, 0.717) is 46.6 Å². The maximum atomic E-state index is 14.6. The average molecular weight is 531 g/mol. The Labute approximate surface area is 228 Å². The second kappa shape index (κ2) is 11.8. The molecule has 2 aromatic carbocycles. The molecule has 0 saturated heterocycles. The van der Waals surface area contributed by atoms with E-state index in [1.54, 1.807) is 6.07 Å². The predicted octanol–water partition coefficient (Wildman–Crippen LogP) is 8.06. The molecule has 2 aromatic heterocycles. The van der Waals surface area contributed by atoms with Gasteiger partial charge in [0.1, 0.15) is 17.2 Å². The van der Waals surface area contributed by atoms with Gasteiger partial charge in [0.25, 0.3) is 5.91 Å². The van der Waals surface area contributed by atoms with Crippen LogP contribution in [-0.2, 0) is 6.42 Å². The van der Waals surface area contributed by atoms with E-state index >= 15 is 0 Å². The van der Waals surface area contributed by atoms with Gasteiger partial charge in [-0.15, -0.1) is 0 Å². The van der Waals surface area contributed by atoms with Crippen LogP contribution >= 0.6 is 0 Å². The van der Waals surface area contributed by atoms with Crippen LogP contribution in [0.3, 0.4) is 0 Å². The zero-order valence-electron chi connectivity index (χ0n) is 22.7. The fourth-order valence-electron chi connectivity index (χ4n) is 5.16. The molecule has 3 N–H and O–H groups in total. The molecule has 1 atom stereocenters. The summed E-state index contributed by atoms with van der Waals surface area (Å²) in [6.07, 6.45) is 6.55. The van der Waals surface area contributed by atoms with E-state index in [4.69, 9.17) is 9.47 Å². The Kier molecular flexibility index (Phi) is 8.00. The Morgan fingerprint density at radius 3 is 2.56 bits per heavy atom. The molecule has 5 rings (SSSR count). The maximum absolute atomic E-state index is 14.6. The Balaban J connectivity index is 1.36. The van der Waals surface area contributed by atoms with Crippen molar-refractivity contribution >= 4 is 34.1 Å². The van der Waals surface area contributed by atoms with E-state index in [1.807, 2.05) is 25.1 Å². The number of nitrogens with one attached hydrogen (secondary N) is 3. The lowest BCUT2D eigenvalue weighted by Gasteiger charge is -2.16. The zero-order chi connectivity index (χ0) is 27.4. The van der Waals surface area contributed by atoms with Crippen molar-refractivity contribution in [2.45, 2.75) is 65.2 Å². The number of hydrogen-bond donors (Lipinski definition) is 3. The van der Waals surface area contributed by atoms with Crippen molar-refractivity contribution in [3.63, 3.8) is 0 Å². The molecular formula is C31H35FN4O3. The highest BCUT2D eigenvalue weighted by atomic mass is 19.1. The molecule has 8 heteroatoms. The second-order valence-corrected chi connectivity index (χ2v) is 9.91. The molecule has 0 fully saturated rings. The molecule has 0 bridgehead atoms. The fourth-order valence-corrected chi connectivity index (χ4v) is 5.16. The number of rotatable bonds is 11. The number of anilines is 3. The monoisotopic (exact) mass is 530 g/mol. The minimum Gasteiger partial charge on any atom is -0.454 e. The number of unbranched alkanes of at least 4 members (excludes halogenated alkanes) is 1. The van der Waals surface area contributed by atoms with Gasteiger partial charge >= 0.3 is 0 Å². The smallest absolute Gasteiger partial charge is 0.255 e. The van der Waals surface area contributed by atoms with E-state index in [-0.39, 0.29) is 18.4 Å². The zero-order valence-corrected chi connectivity index (χ0v) is 22.7. The first-order valence-corrected chi connectivity index (χ1v) is 13.8. The normalized spacial score (nSPS) is 13.0. The number of ether oxygens (including phenoxy) is 2. The van der Waals surface area contributed by atoms with Gasteiger partial charge in [-0.25, -0.2) is 9.37 Å². The number of aromatic amines is 1. The van der Waals surface area contributed by atoms with Crippen LogP contribution in [0.25, 0.3) is 11.0 Å². The molecule has 39 heavy (non-hydrogen) atoms. The molecule has 3 heterocycles. The standard InChI is InChI=1S/C31H35FN4O3/c1-4-7-9-19(8-5-2)20-10-12-21(13-11-20)31(37)36-27-22-14-17-26(35-30(22)33-24(27)6-3)34-28-23(32)15-16-25-29(28)39-18-38-25/h10-17,19H,4-9,18H2,1-3H3,(H,36,37)(H2,33,34,35). The molecule has 0 radical (unpaired) electrons. The molecule has 4 aromatic rings. The van der Waals surface area contributed by atoms with E-state index in [2.05, 4.69) is 46.6 Å². The van der Waals surface area contributed by atoms with Crippen LogP contribution < -0.4 is 20.1 Å². The lowest BCUT2D eigenvalue weighted by atomic mass is 9.89. The number of aryl methyl sites for hydroxylation is 1. The van der Waals surface area contributed by atoms with Gasteiger partial charge in [0.2, 0.25) is 6.79 Å². The van der Waals surface area contributed by atoms with Crippen LogP contribution in [0.5, 0.6) is 11.5 Å². The van der Waals surface area contributed by atoms with Crippen molar-refractivity contribution in [1.82, 2.24) is 9.97 Å². The molecule has 1 amide bonds.